The minimum absolute atomic E-state index is 0.122. The van der Waals surface area contributed by atoms with Crippen molar-refractivity contribution >= 4 is 5.91 Å². The van der Waals surface area contributed by atoms with Crippen molar-refractivity contribution in [1.29, 1.82) is 0 Å². The predicted molar refractivity (Wildman–Crippen MR) is 79.0 cm³/mol. The fourth-order valence-corrected chi connectivity index (χ4v) is 3.86. The zero-order valence-corrected chi connectivity index (χ0v) is 12.7. The quantitative estimate of drug-likeness (QED) is 0.830. The van der Waals surface area contributed by atoms with Crippen LogP contribution in [0.5, 0.6) is 0 Å². The molecule has 19 heavy (non-hydrogen) atoms. The maximum absolute atomic E-state index is 12.5. The van der Waals surface area contributed by atoms with Gasteiger partial charge in [0.05, 0.1) is 0 Å². The van der Waals surface area contributed by atoms with Crippen molar-refractivity contribution in [3.63, 3.8) is 0 Å². The predicted octanol–water partition coefficient (Wildman–Crippen LogP) is 2.80. The van der Waals surface area contributed by atoms with Gasteiger partial charge in [0.2, 0.25) is 5.91 Å². The van der Waals surface area contributed by atoms with E-state index in [0.717, 1.165) is 19.0 Å². The third-order valence-electron chi connectivity index (χ3n) is 4.92. The van der Waals surface area contributed by atoms with Gasteiger partial charge >= 0.3 is 0 Å². The lowest BCUT2D eigenvalue weighted by Gasteiger charge is -2.31. The number of carbonyl (C=O) groups excluding carboxylic acids is 1. The first-order valence-corrected chi connectivity index (χ1v) is 8.17. The van der Waals surface area contributed by atoms with E-state index in [2.05, 4.69) is 17.1 Å². The Morgan fingerprint density at radius 3 is 2.63 bits per heavy atom. The van der Waals surface area contributed by atoms with Crippen LogP contribution in [0.25, 0.3) is 0 Å². The molecule has 0 aromatic carbocycles. The van der Waals surface area contributed by atoms with Crippen LogP contribution in [0.15, 0.2) is 0 Å². The minimum Gasteiger partial charge on any atom is -0.339 e. The first-order valence-electron chi connectivity index (χ1n) is 8.17. The monoisotopic (exact) mass is 266 g/mol. The molecule has 2 aliphatic rings. The number of likely N-dealkylation sites (tertiary alicyclic amines) is 1. The van der Waals surface area contributed by atoms with E-state index in [9.17, 15) is 4.79 Å². The maximum Gasteiger partial charge on any atom is 0.226 e. The van der Waals surface area contributed by atoms with Crippen LogP contribution in [0.1, 0.15) is 58.3 Å². The van der Waals surface area contributed by atoms with Crippen LogP contribution in [-0.2, 0) is 4.79 Å². The molecule has 3 heteroatoms. The number of nitrogens with zero attached hydrogens (tertiary/aromatic N) is 1. The van der Waals surface area contributed by atoms with Crippen molar-refractivity contribution in [3.8, 4) is 0 Å². The Hall–Kier alpha value is -0.570. The van der Waals surface area contributed by atoms with Crippen molar-refractivity contribution in [3.05, 3.63) is 0 Å². The molecule has 3 nitrogen and oxygen atoms in total. The van der Waals surface area contributed by atoms with Crippen molar-refractivity contribution in [2.24, 2.45) is 11.8 Å². The third-order valence-corrected chi connectivity index (χ3v) is 4.92. The average Bonchev–Trinajstić information content (AvgIpc) is 2.87. The molecule has 1 saturated heterocycles. The Bertz CT molecular complexity index is 286. The summed E-state index contributed by atoms with van der Waals surface area (Å²) in [7, 11) is 1.92. The molecule has 1 amide bonds. The summed E-state index contributed by atoms with van der Waals surface area (Å²) in [6.07, 6.45) is 10.7. The van der Waals surface area contributed by atoms with Crippen LogP contribution in [0.3, 0.4) is 0 Å². The van der Waals surface area contributed by atoms with E-state index in [1.54, 1.807) is 0 Å². The Balaban J connectivity index is 1.86. The van der Waals surface area contributed by atoms with Gasteiger partial charge in [0.15, 0.2) is 0 Å². The third kappa shape index (κ3) is 3.95. The normalized spacial score (nSPS) is 26.6. The summed E-state index contributed by atoms with van der Waals surface area (Å²) < 4.78 is 0. The van der Waals surface area contributed by atoms with Crippen LogP contribution in [0.4, 0.5) is 0 Å². The number of nitrogens with one attached hydrogen (secondary N) is 1. The summed E-state index contributed by atoms with van der Waals surface area (Å²) >= 11 is 0. The molecule has 1 aliphatic heterocycles. The molecule has 1 saturated carbocycles. The van der Waals surface area contributed by atoms with Gasteiger partial charge in [-0.1, -0.05) is 39.0 Å². The lowest BCUT2D eigenvalue weighted by Crippen LogP contribution is -2.42. The van der Waals surface area contributed by atoms with E-state index < -0.39 is 0 Å². The maximum atomic E-state index is 12.5. The second kappa shape index (κ2) is 7.28. The SMILES string of the molecule is CNCC(C)C(=O)N1CCCC1CC1CCCCC1. The molecule has 1 aliphatic carbocycles. The average molecular weight is 266 g/mol. The highest BCUT2D eigenvalue weighted by atomic mass is 16.2. The molecule has 0 aromatic rings. The number of carbonyl (C=O) groups is 1. The van der Waals surface area contributed by atoms with E-state index in [4.69, 9.17) is 0 Å². The van der Waals surface area contributed by atoms with Crippen LogP contribution < -0.4 is 5.32 Å². The van der Waals surface area contributed by atoms with Crippen LogP contribution in [0.2, 0.25) is 0 Å². The first-order chi connectivity index (χ1) is 9.22. The van der Waals surface area contributed by atoms with Crippen LogP contribution in [-0.4, -0.2) is 37.0 Å². The standard InChI is InChI=1S/C16H30N2O/c1-13(12-17-2)16(19)18-10-6-9-15(18)11-14-7-4-3-5-8-14/h13-15,17H,3-12H2,1-2H3. The van der Waals surface area contributed by atoms with Gasteiger partial charge in [-0.2, -0.15) is 0 Å². The Labute approximate surface area is 118 Å². The van der Waals surface area contributed by atoms with Crippen molar-refractivity contribution in [1.82, 2.24) is 10.2 Å². The summed E-state index contributed by atoms with van der Waals surface area (Å²) in [6.45, 7) is 3.84. The fourth-order valence-electron chi connectivity index (χ4n) is 3.86. The molecule has 2 atom stereocenters. The van der Waals surface area contributed by atoms with Crippen LogP contribution in [0, 0.1) is 11.8 Å². The van der Waals surface area contributed by atoms with Crippen molar-refractivity contribution in [2.45, 2.75) is 64.3 Å². The molecule has 2 fully saturated rings. The molecule has 0 aromatic heterocycles. The fraction of sp³-hybridized carbons (Fsp3) is 0.938. The molecule has 1 heterocycles. The van der Waals surface area contributed by atoms with Gasteiger partial charge in [-0.05, 0) is 32.2 Å². The smallest absolute Gasteiger partial charge is 0.226 e. The largest absolute Gasteiger partial charge is 0.339 e. The highest BCUT2D eigenvalue weighted by Gasteiger charge is 2.32. The Morgan fingerprint density at radius 1 is 1.21 bits per heavy atom. The molecule has 0 bridgehead atoms. The van der Waals surface area contributed by atoms with E-state index in [1.807, 2.05) is 7.05 Å². The van der Waals surface area contributed by atoms with E-state index in [-0.39, 0.29) is 5.92 Å². The summed E-state index contributed by atoms with van der Waals surface area (Å²) in [5.41, 5.74) is 0. The molecule has 0 spiro atoms. The first kappa shape index (κ1) is 14.8. The molecule has 0 radical (unpaired) electrons. The van der Waals surface area contributed by atoms with E-state index in [0.29, 0.717) is 11.9 Å². The lowest BCUT2D eigenvalue weighted by atomic mass is 9.84. The van der Waals surface area contributed by atoms with Gasteiger partial charge in [0.1, 0.15) is 0 Å². The molecule has 2 unspecified atom stereocenters. The number of hydrogen-bond donors (Lipinski definition) is 1. The van der Waals surface area contributed by atoms with Crippen molar-refractivity contribution in [2.75, 3.05) is 20.1 Å². The van der Waals surface area contributed by atoms with Gasteiger partial charge < -0.3 is 10.2 Å². The number of rotatable bonds is 5. The molecular weight excluding hydrogens is 236 g/mol. The van der Waals surface area contributed by atoms with Crippen LogP contribution >= 0.6 is 0 Å². The molecule has 1 N–H and O–H groups in total. The summed E-state index contributed by atoms with van der Waals surface area (Å²) in [4.78, 5) is 14.7. The van der Waals surface area contributed by atoms with Gasteiger partial charge in [0.25, 0.3) is 0 Å². The van der Waals surface area contributed by atoms with Gasteiger partial charge in [-0.3, -0.25) is 4.79 Å². The highest BCUT2D eigenvalue weighted by Crippen LogP contribution is 2.32. The summed E-state index contributed by atoms with van der Waals surface area (Å²) in [5.74, 6) is 1.37. The lowest BCUT2D eigenvalue weighted by molar-refractivity contribution is -0.136. The zero-order chi connectivity index (χ0) is 13.7. The topological polar surface area (TPSA) is 32.3 Å². The number of hydrogen-bond acceptors (Lipinski definition) is 2. The Morgan fingerprint density at radius 2 is 1.95 bits per heavy atom. The van der Waals surface area contributed by atoms with E-state index in [1.165, 1.54) is 51.4 Å². The highest BCUT2D eigenvalue weighted by molar-refractivity contribution is 5.79. The number of amides is 1. The molecule has 110 valence electrons. The summed E-state index contributed by atoms with van der Waals surface area (Å²) in [6, 6.07) is 0.537. The second-order valence-corrected chi connectivity index (χ2v) is 6.53. The van der Waals surface area contributed by atoms with Crippen molar-refractivity contribution < 1.29 is 4.79 Å². The second-order valence-electron chi connectivity index (χ2n) is 6.53. The van der Waals surface area contributed by atoms with E-state index >= 15 is 0 Å². The van der Waals surface area contributed by atoms with Gasteiger partial charge in [-0.15, -0.1) is 0 Å². The minimum atomic E-state index is 0.122. The Kier molecular flexibility index (Phi) is 5.68. The summed E-state index contributed by atoms with van der Waals surface area (Å²) in [5, 5.41) is 3.12. The molecule has 2 rings (SSSR count). The van der Waals surface area contributed by atoms with Gasteiger partial charge in [-0.25, -0.2) is 0 Å². The molecular formula is C16H30N2O. The zero-order valence-electron chi connectivity index (χ0n) is 12.7. The van der Waals surface area contributed by atoms with Gasteiger partial charge in [0, 0.05) is 25.0 Å².